The average molecular weight is 288 g/mol. The lowest BCUT2D eigenvalue weighted by Gasteiger charge is -2.15. The summed E-state index contributed by atoms with van der Waals surface area (Å²) in [5, 5.41) is 4.16. The molecular formula is C15H17FN4O. The second-order valence-electron chi connectivity index (χ2n) is 5.31. The van der Waals surface area contributed by atoms with Gasteiger partial charge in [-0.05, 0) is 25.5 Å². The molecule has 1 fully saturated rings. The molecule has 1 aliphatic heterocycles. The van der Waals surface area contributed by atoms with E-state index < -0.39 is 0 Å². The number of nitrogens with zero attached hydrogens (tertiary/aromatic N) is 3. The van der Waals surface area contributed by atoms with Crippen molar-refractivity contribution in [1.82, 2.24) is 14.7 Å². The zero-order valence-corrected chi connectivity index (χ0v) is 11.8. The Hall–Kier alpha value is -2.21. The van der Waals surface area contributed by atoms with Crippen LogP contribution in [0.5, 0.6) is 0 Å². The summed E-state index contributed by atoms with van der Waals surface area (Å²) < 4.78 is 15.3. The van der Waals surface area contributed by atoms with Gasteiger partial charge in [-0.25, -0.2) is 9.07 Å². The van der Waals surface area contributed by atoms with Gasteiger partial charge >= 0.3 is 0 Å². The fraction of sp³-hybridized carbons (Fsp3) is 0.333. The Balaban J connectivity index is 1.93. The third-order valence-electron chi connectivity index (χ3n) is 3.83. The van der Waals surface area contributed by atoms with E-state index in [2.05, 4.69) is 5.10 Å². The quantitative estimate of drug-likeness (QED) is 0.910. The first-order valence-electron chi connectivity index (χ1n) is 6.92. The Morgan fingerprint density at radius 2 is 2.19 bits per heavy atom. The third-order valence-corrected chi connectivity index (χ3v) is 3.83. The van der Waals surface area contributed by atoms with Gasteiger partial charge < -0.3 is 10.6 Å². The summed E-state index contributed by atoms with van der Waals surface area (Å²) in [4.78, 5) is 14.2. The van der Waals surface area contributed by atoms with Gasteiger partial charge in [0, 0.05) is 19.1 Å². The zero-order valence-electron chi connectivity index (χ0n) is 11.8. The highest BCUT2D eigenvalue weighted by molar-refractivity contribution is 5.95. The van der Waals surface area contributed by atoms with Crippen LogP contribution in [-0.4, -0.2) is 39.7 Å². The van der Waals surface area contributed by atoms with Crippen molar-refractivity contribution in [3.63, 3.8) is 0 Å². The predicted octanol–water partition coefficient (Wildman–Crippen LogP) is 1.49. The van der Waals surface area contributed by atoms with Gasteiger partial charge in [0.1, 0.15) is 11.5 Å². The lowest BCUT2D eigenvalue weighted by atomic mass is 10.2. The molecule has 6 heteroatoms. The van der Waals surface area contributed by atoms with Gasteiger partial charge in [-0.2, -0.15) is 5.10 Å². The lowest BCUT2D eigenvalue weighted by molar-refractivity contribution is 0.0790. The van der Waals surface area contributed by atoms with Gasteiger partial charge in [-0.15, -0.1) is 0 Å². The molecule has 0 spiro atoms. The number of likely N-dealkylation sites (tertiary alicyclic amines) is 1. The van der Waals surface area contributed by atoms with E-state index >= 15 is 0 Å². The molecule has 0 unspecified atom stereocenters. The molecule has 2 aromatic rings. The van der Waals surface area contributed by atoms with Gasteiger partial charge in [0.25, 0.3) is 5.91 Å². The number of rotatable bonds is 2. The minimum Gasteiger partial charge on any atom is -0.337 e. The summed E-state index contributed by atoms with van der Waals surface area (Å²) in [5.74, 6) is -0.464. The molecule has 0 aliphatic carbocycles. The molecule has 1 aromatic heterocycles. The van der Waals surface area contributed by atoms with Crippen molar-refractivity contribution in [2.45, 2.75) is 19.4 Å². The normalized spacial score (nSPS) is 18.2. The number of hydrogen-bond donors (Lipinski definition) is 1. The van der Waals surface area contributed by atoms with Crippen LogP contribution >= 0.6 is 0 Å². The van der Waals surface area contributed by atoms with Crippen molar-refractivity contribution in [2.75, 3.05) is 13.1 Å². The summed E-state index contributed by atoms with van der Waals surface area (Å²) in [6, 6.07) is 6.40. The summed E-state index contributed by atoms with van der Waals surface area (Å²) in [5.41, 5.74) is 7.29. The van der Waals surface area contributed by atoms with Crippen molar-refractivity contribution in [1.29, 1.82) is 0 Å². The Kier molecular flexibility index (Phi) is 3.47. The van der Waals surface area contributed by atoms with Crippen LogP contribution in [0.3, 0.4) is 0 Å². The van der Waals surface area contributed by atoms with E-state index in [1.807, 2.05) is 0 Å². The van der Waals surface area contributed by atoms with Gasteiger partial charge in [0.05, 0.1) is 17.5 Å². The van der Waals surface area contributed by atoms with Crippen molar-refractivity contribution >= 4 is 5.91 Å². The Bertz CT molecular complexity index is 682. The molecule has 1 saturated heterocycles. The smallest absolute Gasteiger partial charge is 0.257 e. The number of para-hydroxylation sites is 1. The average Bonchev–Trinajstić information content (AvgIpc) is 3.05. The molecule has 3 rings (SSSR count). The predicted molar refractivity (Wildman–Crippen MR) is 76.8 cm³/mol. The summed E-state index contributed by atoms with van der Waals surface area (Å²) in [7, 11) is 0. The molecule has 110 valence electrons. The molecule has 2 N–H and O–H groups in total. The Morgan fingerprint density at radius 3 is 2.86 bits per heavy atom. The van der Waals surface area contributed by atoms with E-state index in [4.69, 9.17) is 5.73 Å². The van der Waals surface area contributed by atoms with Crippen LogP contribution < -0.4 is 5.73 Å². The minimum atomic E-state index is -0.370. The second-order valence-corrected chi connectivity index (χ2v) is 5.31. The topological polar surface area (TPSA) is 64.2 Å². The van der Waals surface area contributed by atoms with E-state index in [1.165, 1.54) is 16.9 Å². The number of nitrogens with two attached hydrogens (primary N) is 1. The fourth-order valence-corrected chi connectivity index (χ4v) is 2.63. The van der Waals surface area contributed by atoms with Crippen LogP contribution in [0.1, 0.15) is 22.5 Å². The van der Waals surface area contributed by atoms with Crippen LogP contribution in [0.15, 0.2) is 30.5 Å². The van der Waals surface area contributed by atoms with Crippen molar-refractivity contribution in [3.05, 3.63) is 47.5 Å². The number of halogens is 1. The van der Waals surface area contributed by atoms with Crippen LogP contribution in [-0.2, 0) is 0 Å². The highest BCUT2D eigenvalue weighted by Crippen LogP contribution is 2.19. The molecular weight excluding hydrogens is 271 g/mol. The first-order valence-corrected chi connectivity index (χ1v) is 6.92. The largest absolute Gasteiger partial charge is 0.337 e. The standard InChI is InChI=1S/C15H17FN4O/c1-10-12(15(21)19-7-6-11(17)9-19)8-18-20(10)14-5-3-2-4-13(14)16/h2-5,8,11H,6-7,9,17H2,1H3/t11-/m1/s1. The molecule has 1 amide bonds. The van der Waals surface area contributed by atoms with E-state index in [-0.39, 0.29) is 17.8 Å². The van der Waals surface area contributed by atoms with Crippen molar-refractivity contribution in [2.24, 2.45) is 5.73 Å². The zero-order chi connectivity index (χ0) is 15.0. The first kappa shape index (κ1) is 13.8. The Morgan fingerprint density at radius 1 is 1.43 bits per heavy atom. The Labute approximate surface area is 122 Å². The lowest BCUT2D eigenvalue weighted by Crippen LogP contribution is -2.32. The number of carbonyl (C=O) groups is 1. The van der Waals surface area contributed by atoms with E-state index in [0.717, 1.165) is 6.42 Å². The van der Waals surface area contributed by atoms with Crippen LogP contribution in [0.25, 0.3) is 5.69 Å². The number of benzene rings is 1. The summed E-state index contributed by atoms with van der Waals surface area (Å²) in [6.45, 7) is 2.98. The highest BCUT2D eigenvalue weighted by atomic mass is 19.1. The number of aromatic nitrogens is 2. The number of hydrogen-bond acceptors (Lipinski definition) is 3. The number of carbonyl (C=O) groups excluding carboxylic acids is 1. The third kappa shape index (κ3) is 2.42. The molecule has 21 heavy (non-hydrogen) atoms. The molecule has 2 heterocycles. The van der Waals surface area contributed by atoms with Crippen LogP contribution in [0.2, 0.25) is 0 Å². The van der Waals surface area contributed by atoms with Crippen molar-refractivity contribution < 1.29 is 9.18 Å². The summed E-state index contributed by atoms with van der Waals surface area (Å²) in [6.07, 6.45) is 2.31. The first-order chi connectivity index (χ1) is 10.1. The van der Waals surface area contributed by atoms with Gasteiger partial charge in [0.2, 0.25) is 0 Å². The molecule has 0 radical (unpaired) electrons. The van der Waals surface area contributed by atoms with E-state index in [1.54, 1.807) is 30.0 Å². The molecule has 1 aliphatic rings. The van der Waals surface area contributed by atoms with E-state index in [0.29, 0.717) is 30.0 Å². The van der Waals surface area contributed by atoms with Crippen LogP contribution in [0, 0.1) is 12.7 Å². The minimum absolute atomic E-state index is 0.0378. The van der Waals surface area contributed by atoms with Gasteiger partial charge in [-0.3, -0.25) is 4.79 Å². The number of amides is 1. The van der Waals surface area contributed by atoms with Crippen LogP contribution in [0.4, 0.5) is 4.39 Å². The second kappa shape index (κ2) is 5.29. The molecule has 5 nitrogen and oxygen atoms in total. The molecule has 1 atom stereocenters. The summed E-state index contributed by atoms with van der Waals surface area (Å²) >= 11 is 0. The molecule has 0 saturated carbocycles. The van der Waals surface area contributed by atoms with Gasteiger partial charge in [-0.1, -0.05) is 12.1 Å². The maximum atomic E-state index is 13.8. The van der Waals surface area contributed by atoms with Crippen molar-refractivity contribution in [3.8, 4) is 5.69 Å². The molecule has 0 bridgehead atoms. The van der Waals surface area contributed by atoms with E-state index in [9.17, 15) is 9.18 Å². The maximum absolute atomic E-state index is 13.8. The highest BCUT2D eigenvalue weighted by Gasteiger charge is 2.27. The maximum Gasteiger partial charge on any atom is 0.257 e. The monoisotopic (exact) mass is 288 g/mol. The van der Waals surface area contributed by atoms with Gasteiger partial charge in [0.15, 0.2) is 0 Å². The molecule has 1 aromatic carbocycles. The fourth-order valence-electron chi connectivity index (χ4n) is 2.63. The SMILES string of the molecule is Cc1c(C(=O)N2CC[C@@H](N)C2)cnn1-c1ccccc1F.